The minimum Gasteiger partial charge on any atom is -0.377 e. The van der Waals surface area contributed by atoms with Gasteiger partial charge >= 0.3 is 0 Å². The third-order valence-electron chi connectivity index (χ3n) is 2.24. The van der Waals surface area contributed by atoms with Crippen LogP contribution in [-0.2, 0) is 14.8 Å². The molecule has 0 rings (SSSR count). The maximum absolute atomic E-state index is 10.8. The molecule has 7 nitrogen and oxygen atoms in total. The summed E-state index contributed by atoms with van der Waals surface area (Å²) in [7, 11) is 0.160. The highest BCUT2D eigenvalue weighted by Gasteiger charge is 2.16. The molecule has 0 amide bonds. The molecule has 0 aromatic rings. The van der Waals surface area contributed by atoms with Gasteiger partial charge in [-0.2, -0.15) is 0 Å². The van der Waals surface area contributed by atoms with Crippen molar-refractivity contribution < 1.29 is 13.2 Å². The summed E-state index contributed by atoms with van der Waals surface area (Å²) in [5.74, 6) is 0.607. The van der Waals surface area contributed by atoms with E-state index in [1.807, 2.05) is 13.8 Å². The molecule has 0 fully saturated rings. The van der Waals surface area contributed by atoms with E-state index in [1.165, 1.54) is 0 Å². The quantitative estimate of drug-likeness (QED) is 0.234. The van der Waals surface area contributed by atoms with Gasteiger partial charge in [-0.05, 0) is 13.8 Å². The van der Waals surface area contributed by atoms with Crippen LogP contribution in [-0.4, -0.2) is 60.0 Å². The molecule has 116 valence electrons. The number of nitrogens with one attached hydrogen (secondary N) is 3. The van der Waals surface area contributed by atoms with Gasteiger partial charge in [-0.1, -0.05) is 0 Å². The third kappa shape index (κ3) is 12.6. The van der Waals surface area contributed by atoms with E-state index in [9.17, 15) is 8.42 Å². The van der Waals surface area contributed by atoms with Crippen LogP contribution in [0.1, 0.15) is 13.8 Å². The van der Waals surface area contributed by atoms with Crippen LogP contribution in [0.4, 0.5) is 0 Å². The monoisotopic (exact) mass is 408 g/mol. The van der Waals surface area contributed by atoms with Crippen molar-refractivity contribution in [3.8, 4) is 0 Å². The van der Waals surface area contributed by atoms with Gasteiger partial charge in [0.25, 0.3) is 0 Å². The Balaban J connectivity index is 0. The fourth-order valence-electron chi connectivity index (χ4n) is 1.01. The van der Waals surface area contributed by atoms with Crippen molar-refractivity contribution in [2.75, 3.05) is 40.0 Å². The second kappa shape index (κ2) is 9.72. The first kappa shape index (κ1) is 21.2. The van der Waals surface area contributed by atoms with Crippen molar-refractivity contribution in [1.82, 2.24) is 15.4 Å². The van der Waals surface area contributed by atoms with Gasteiger partial charge in [0.1, 0.15) is 0 Å². The highest BCUT2D eigenvalue weighted by Crippen LogP contribution is 2.04. The maximum Gasteiger partial charge on any atom is 0.208 e. The Kier molecular flexibility index (Phi) is 10.8. The second-order valence-electron chi connectivity index (χ2n) is 4.48. The molecule has 0 bridgehead atoms. The van der Waals surface area contributed by atoms with Crippen molar-refractivity contribution >= 4 is 40.0 Å². The van der Waals surface area contributed by atoms with Crippen LogP contribution in [0.2, 0.25) is 0 Å². The van der Waals surface area contributed by atoms with Crippen LogP contribution >= 0.6 is 24.0 Å². The summed E-state index contributed by atoms with van der Waals surface area (Å²) in [5, 5.41) is 6.09. The lowest BCUT2D eigenvalue weighted by Gasteiger charge is -2.24. The minimum atomic E-state index is -3.14. The molecule has 0 saturated heterocycles. The van der Waals surface area contributed by atoms with Crippen LogP contribution in [0.5, 0.6) is 0 Å². The highest BCUT2D eigenvalue weighted by molar-refractivity contribution is 14.0. The molecule has 0 atom stereocenters. The molecule has 0 aliphatic carbocycles. The maximum atomic E-state index is 10.8. The van der Waals surface area contributed by atoms with Crippen molar-refractivity contribution in [2.45, 2.75) is 19.4 Å². The summed E-state index contributed by atoms with van der Waals surface area (Å²) < 4.78 is 29.3. The number of rotatable bonds is 7. The van der Waals surface area contributed by atoms with E-state index in [2.05, 4.69) is 20.3 Å². The van der Waals surface area contributed by atoms with E-state index in [1.54, 1.807) is 14.2 Å². The zero-order valence-corrected chi connectivity index (χ0v) is 15.3. The number of methoxy groups -OCH3 is 1. The third-order valence-corrected chi connectivity index (χ3v) is 2.97. The van der Waals surface area contributed by atoms with E-state index in [0.717, 1.165) is 6.26 Å². The normalized spacial score (nSPS) is 12.8. The van der Waals surface area contributed by atoms with Gasteiger partial charge in [0, 0.05) is 33.8 Å². The Labute approximate surface area is 133 Å². The Morgan fingerprint density at radius 2 is 1.84 bits per heavy atom. The average Bonchev–Trinajstić information content (AvgIpc) is 2.27. The number of hydrogen-bond donors (Lipinski definition) is 3. The van der Waals surface area contributed by atoms with E-state index >= 15 is 0 Å². The lowest BCUT2D eigenvalue weighted by atomic mass is 10.1. The SMILES string of the molecule is CN=C(NCCNS(C)(=O)=O)NCC(C)(C)OC.I. The van der Waals surface area contributed by atoms with Crippen molar-refractivity contribution in [3.63, 3.8) is 0 Å². The van der Waals surface area contributed by atoms with Gasteiger partial charge in [0.2, 0.25) is 10.0 Å². The van der Waals surface area contributed by atoms with E-state index in [4.69, 9.17) is 4.74 Å². The van der Waals surface area contributed by atoms with Crippen molar-refractivity contribution in [1.29, 1.82) is 0 Å². The van der Waals surface area contributed by atoms with Gasteiger partial charge in [0.15, 0.2) is 5.96 Å². The smallest absolute Gasteiger partial charge is 0.208 e. The Morgan fingerprint density at radius 3 is 2.26 bits per heavy atom. The lowest BCUT2D eigenvalue weighted by Crippen LogP contribution is -2.46. The van der Waals surface area contributed by atoms with Gasteiger partial charge in [-0.25, -0.2) is 13.1 Å². The second-order valence-corrected chi connectivity index (χ2v) is 6.32. The van der Waals surface area contributed by atoms with Crippen LogP contribution in [0.15, 0.2) is 4.99 Å². The fourth-order valence-corrected chi connectivity index (χ4v) is 1.48. The summed E-state index contributed by atoms with van der Waals surface area (Å²) >= 11 is 0. The first-order chi connectivity index (χ1) is 8.20. The number of sulfonamides is 1. The largest absolute Gasteiger partial charge is 0.377 e. The molecule has 0 unspecified atom stereocenters. The summed E-state index contributed by atoms with van der Waals surface area (Å²) in [6, 6.07) is 0. The average molecular weight is 408 g/mol. The number of aliphatic imine (C=N–C) groups is 1. The number of guanidine groups is 1. The molecular formula is C10H25IN4O3S. The predicted octanol–water partition coefficient (Wildman–Crippen LogP) is -0.256. The van der Waals surface area contributed by atoms with Crippen LogP contribution in [0.3, 0.4) is 0 Å². The topological polar surface area (TPSA) is 91.8 Å². The first-order valence-electron chi connectivity index (χ1n) is 5.64. The molecule has 0 aromatic carbocycles. The van der Waals surface area contributed by atoms with Crippen LogP contribution < -0.4 is 15.4 Å². The molecule has 0 radical (unpaired) electrons. The minimum absolute atomic E-state index is 0. The lowest BCUT2D eigenvalue weighted by molar-refractivity contribution is 0.0268. The molecule has 0 heterocycles. The van der Waals surface area contributed by atoms with Crippen molar-refractivity contribution in [3.05, 3.63) is 0 Å². The molecule has 0 aliphatic rings. The Bertz CT molecular complexity index is 371. The van der Waals surface area contributed by atoms with Crippen LogP contribution in [0.25, 0.3) is 0 Å². The first-order valence-corrected chi connectivity index (χ1v) is 7.53. The molecule has 3 N–H and O–H groups in total. The zero-order chi connectivity index (χ0) is 14.2. The molecule has 9 heteroatoms. The Hall–Kier alpha value is -0.130. The Morgan fingerprint density at radius 1 is 1.26 bits per heavy atom. The summed E-state index contributed by atoms with van der Waals surface area (Å²) in [5.41, 5.74) is -0.289. The molecule has 19 heavy (non-hydrogen) atoms. The molecule has 0 aliphatic heterocycles. The number of nitrogens with zero attached hydrogens (tertiary/aromatic N) is 1. The highest BCUT2D eigenvalue weighted by atomic mass is 127. The zero-order valence-electron chi connectivity index (χ0n) is 12.1. The number of halogens is 1. The molecule has 0 aromatic heterocycles. The predicted molar refractivity (Wildman–Crippen MR) is 88.7 cm³/mol. The molecular weight excluding hydrogens is 383 g/mol. The number of ether oxygens (including phenoxy) is 1. The number of hydrogen-bond acceptors (Lipinski definition) is 4. The summed E-state index contributed by atoms with van der Waals surface area (Å²) in [6.07, 6.45) is 1.13. The summed E-state index contributed by atoms with van der Waals surface area (Å²) in [4.78, 5) is 4.02. The fraction of sp³-hybridized carbons (Fsp3) is 0.900. The van der Waals surface area contributed by atoms with E-state index in [0.29, 0.717) is 25.6 Å². The molecule has 0 spiro atoms. The van der Waals surface area contributed by atoms with Gasteiger partial charge in [-0.15, -0.1) is 24.0 Å². The van der Waals surface area contributed by atoms with E-state index < -0.39 is 10.0 Å². The van der Waals surface area contributed by atoms with E-state index in [-0.39, 0.29) is 29.6 Å². The van der Waals surface area contributed by atoms with Gasteiger partial charge < -0.3 is 15.4 Å². The van der Waals surface area contributed by atoms with Crippen LogP contribution in [0, 0.1) is 0 Å². The van der Waals surface area contributed by atoms with Gasteiger partial charge in [-0.3, -0.25) is 4.99 Å². The molecule has 0 saturated carbocycles. The van der Waals surface area contributed by atoms with Gasteiger partial charge in [0.05, 0.1) is 11.9 Å². The standard InChI is InChI=1S/C10H24N4O3S.HI/c1-10(2,17-4)8-13-9(11-3)12-6-7-14-18(5,15)16;/h14H,6-8H2,1-5H3,(H2,11,12,13);1H. The van der Waals surface area contributed by atoms with Crippen molar-refractivity contribution in [2.24, 2.45) is 4.99 Å². The summed E-state index contributed by atoms with van der Waals surface area (Å²) in [6.45, 7) is 5.28.